The molecular formula is C11H13NO4. The molecule has 0 saturated heterocycles. The van der Waals surface area contributed by atoms with Gasteiger partial charge >= 0.3 is 0 Å². The second-order valence-corrected chi connectivity index (χ2v) is 3.12. The van der Waals surface area contributed by atoms with E-state index in [1.54, 1.807) is 19.2 Å². The summed E-state index contributed by atoms with van der Waals surface area (Å²) < 4.78 is 10.3. The van der Waals surface area contributed by atoms with Crippen LogP contribution in [0.15, 0.2) is 18.3 Å². The number of hydrogen-bond donors (Lipinski definition) is 0. The summed E-state index contributed by atoms with van der Waals surface area (Å²) in [5.74, 6) is 1.20. The second-order valence-electron chi connectivity index (χ2n) is 3.12. The van der Waals surface area contributed by atoms with Gasteiger partial charge < -0.3 is 9.47 Å². The first-order valence-corrected chi connectivity index (χ1v) is 4.63. The molecular weight excluding hydrogens is 210 g/mol. The molecule has 0 N–H and O–H groups in total. The molecule has 0 heterocycles. The third-order valence-electron chi connectivity index (χ3n) is 2.21. The SMILES string of the molecule is COc1ccc(/C=C/[N+](=O)[O-])c(C)c1OC. The van der Waals surface area contributed by atoms with Crippen LogP contribution in [0.3, 0.4) is 0 Å². The van der Waals surface area contributed by atoms with E-state index in [-0.39, 0.29) is 0 Å². The average molecular weight is 223 g/mol. The maximum absolute atomic E-state index is 10.2. The fourth-order valence-corrected chi connectivity index (χ4v) is 1.42. The molecule has 86 valence electrons. The molecule has 0 unspecified atom stereocenters. The minimum atomic E-state index is -0.504. The summed E-state index contributed by atoms with van der Waals surface area (Å²) in [6.45, 7) is 1.82. The zero-order valence-electron chi connectivity index (χ0n) is 9.39. The number of nitro groups is 1. The van der Waals surface area contributed by atoms with Crippen LogP contribution in [-0.4, -0.2) is 19.1 Å². The van der Waals surface area contributed by atoms with Crippen LogP contribution in [-0.2, 0) is 0 Å². The Morgan fingerprint density at radius 3 is 2.50 bits per heavy atom. The van der Waals surface area contributed by atoms with Crippen molar-refractivity contribution in [3.63, 3.8) is 0 Å². The van der Waals surface area contributed by atoms with Crippen molar-refractivity contribution >= 4 is 6.08 Å². The lowest BCUT2D eigenvalue weighted by atomic mass is 10.1. The highest BCUT2D eigenvalue weighted by molar-refractivity contribution is 5.61. The lowest BCUT2D eigenvalue weighted by Gasteiger charge is -2.11. The van der Waals surface area contributed by atoms with Gasteiger partial charge in [-0.2, -0.15) is 0 Å². The van der Waals surface area contributed by atoms with E-state index in [1.807, 2.05) is 6.92 Å². The van der Waals surface area contributed by atoms with Gasteiger partial charge in [-0.3, -0.25) is 10.1 Å². The van der Waals surface area contributed by atoms with E-state index in [9.17, 15) is 10.1 Å². The minimum Gasteiger partial charge on any atom is -0.493 e. The summed E-state index contributed by atoms with van der Waals surface area (Å²) >= 11 is 0. The molecule has 0 aliphatic rings. The monoisotopic (exact) mass is 223 g/mol. The van der Waals surface area contributed by atoms with E-state index in [4.69, 9.17) is 9.47 Å². The third kappa shape index (κ3) is 2.50. The van der Waals surface area contributed by atoms with Crippen LogP contribution in [0.1, 0.15) is 11.1 Å². The molecule has 1 aromatic rings. The van der Waals surface area contributed by atoms with Gasteiger partial charge in [0.25, 0.3) is 0 Å². The zero-order valence-corrected chi connectivity index (χ0v) is 9.39. The van der Waals surface area contributed by atoms with Crippen LogP contribution >= 0.6 is 0 Å². The predicted octanol–water partition coefficient (Wildman–Crippen LogP) is 2.26. The molecule has 0 spiro atoms. The summed E-state index contributed by atoms with van der Waals surface area (Å²) in [4.78, 5) is 9.72. The largest absolute Gasteiger partial charge is 0.493 e. The summed E-state index contributed by atoms with van der Waals surface area (Å²) in [5.41, 5.74) is 1.54. The van der Waals surface area contributed by atoms with Crippen LogP contribution in [0.4, 0.5) is 0 Å². The molecule has 0 fully saturated rings. The van der Waals surface area contributed by atoms with Gasteiger partial charge in [-0.05, 0) is 18.6 Å². The molecule has 0 aromatic heterocycles. The van der Waals surface area contributed by atoms with Crippen LogP contribution in [0, 0.1) is 17.0 Å². The number of hydrogen-bond acceptors (Lipinski definition) is 4. The molecule has 16 heavy (non-hydrogen) atoms. The Labute approximate surface area is 93.4 Å². The molecule has 0 bridgehead atoms. The van der Waals surface area contributed by atoms with Crippen molar-refractivity contribution in [1.82, 2.24) is 0 Å². The quantitative estimate of drug-likeness (QED) is 0.580. The van der Waals surface area contributed by atoms with E-state index in [1.165, 1.54) is 13.2 Å². The van der Waals surface area contributed by atoms with Gasteiger partial charge in [0.2, 0.25) is 6.20 Å². The maximum atomic E-state index is 10.2. The van der Waals surface area contributed by atoms with Crippen molar-refractivity contribution in [2.24, 2.45) is 0 Å². The third-order valence-corrected chi connectivity index (χ3v) is 2.21. The number of benzene rings is 1. The van der Waals surface area contributed by atoms with Crippen molar-refractivity contribution in [2.75, 3.05) is 14.2 Å². The van der Waals surface area contributed by atoms with Gasteiger partial charge in [0.05, 0.1) is 19.1 Å². The van der Waals surface area contributed by atoms with E-state index >= 15 is 0 Å². The van der Waals surface area contributed by atoms with Gasteiger partial charge in [-0.25, -0.2) is 0 Å². The Balaban J connectivity index is 3.18. The lowest BCUT2D eigenvalue weighted by molar-refractivity contribution is -0.400. The van der Waals surface area contributed by atoms with Crippen molar-refractivity contribution < 1.29 is 14.4 Å². The van der Waals surface area contributed by atoms with Gasteiger partial charge in [0.1, 0.15) is 0 Å². The molecule has 5 heteroatoms. The fourth-order valence-electron chi connectivity index (χ4n) is 1.42. The van der Waals surface area contributed by atoms with Gasteiger partial charge in [0, 0.05) is 11.6 Å². The number of methoxy groups -OCH3 is 2. The van der Waals surface area contributed by atoms with Crippen LogP contribution in [0.25, 0.3) is 6.08 Å². The van der Waals surface area contributed by atoms with E-state index < -0.39 is 4.92 Å². The maximum Gasteiger partial charge on any atom is 0.235 e. The smallest absolute Gasteiger partial charge is 0.235 e. The molecule has 0 radical (unpaired) electrons. The number of rotatable bonds is 4. The zero-order chi connectivity index (χ0) is 12.1. The first-order valence-electron chi connectivity index (χ1n) is 4.63. The number of nitrogens with zero attached hydrogens (tertiary/aromatic N) is 1. The lowest BCUT2D eigenvalue weighted by Crippen LogP contribution is -1.95. The standard InChI is InChI=1S/C11H13NO4/c1-8-9(6-7-12(13)14)4-5-10(15-2)11(8)16-3/h4-7H,1-3H3/b7-6+. The minimum absolute atomic E-state index is 0.504. The van der Waals surface area contributed by atoms with Gasteiger partial charge in [-0.1, -0.05) is 6.07 Å². The first kappa shape index (κ1) is 12.0. The fraction of sp³-hybridized carbons (Fsp3) is 0.273. The normalized spacial score (nSPS) is 10.4. The highest BCUT2D eigenvalue weighted by Crippen LogP contribution is 2.33. The van der Waals surface area contributed by atoms with E-state index in [0.29, 0.717) is 11.5 Å². The molecule has 0 atom stereocenters. The van der Waals surface area contributed by atoms with Crippen molar-refractivity contribution in [3.8, 4) is 11.5 Å². The second kappa shape index (κ2) is 5.16. The van der Waals surface area contributed by atoms with Gasteiger partial charge in [-0.15, -0.1) is 0 Å². The molecule has 0 saturated carbocycles. The van der Waals surface area contributed by atoms with Crippen LogP contribution < -0.4 is 9.47 Å². The molecule has 0 amide bonds. The summed E-state index contributed by atoms with van der Waals surface area (Å²) in [6, 6.07) is 3.46. The Kier molecular flexibility index (Phi) is 3.88. The van der Waals surface area contributed by atoms with Crippen molar-refractivity contribution in [3.05, 3.63) is 39.6 Å². The Hall–Kier alpha value is -2.04. The molecule has 5 nitrogen and oxygen atoms in total. The topological polar surface area (TPSA) is 61.6 Å². The van der Waals surface area contributed by atoms with Crippen molar-refractivity contribution in [2.45, 2.75) is 6.92 Å². The van der Waals surface area contributed by atoms with Crippen LogP contribution in [0.5, 0.6) is 11.5 Å². The first-order chi connectivity index (χ1) is 7.60. The summed E-state index contributed by atoms with van der Waals surface area (Å²) in [6.07, 6.45) is 2.32. The van der Waals surface area contributed by atoms with Crippen LogP contribution in [0.2, 0.25) is 0 Å². The molecule has 1 aromatic carbocycles. The molecule has 0 aliphatic heterocycles. The Morgan fingerprint density at radius 1 is 1.31 bits per heavy atom. The van der Waals surface area contributed by atoms with Crippen molar-refractivity contribution in [1.29, 1.82) is 0 Å². The molecule has 1 rings (SSSR count). The highest BCUT2D eigenvalue weighted by atomic mass is 16.6. The van der Waals surface area contributed by atoms with E-state index in [2.05, 4.69) is 0 Å². The molecule has 0 aliphatic carbocycles. The predicted molar refractivity (Wildman–Crippen MR) is 60.3 cm³/mol. The van der Waals surface area contributed by atoms with Gasteiger partial charge in [0.15, 0.2) is 11.5 Å². The number of ether oxygens (including phenoxy) is 2. The summed E-state index contributed by atoms with van der Waals surface area (Å²) in [5, 5.41) is 10.2. The average Bonchev–Trinajstić information content (AvgIpc) is 2.26. The summed E-state index contributed by atoms with van der Waals surface area (Å²) in [7, 11) is 3.08. The van der Waals surface area contributed by atoms with E-state index in [0.717, 1.165) is 17.3 Å². The Bertz CT molecular complexity index is 426. The Morgan fingerprint density at radius 2 is 2.00 bits per heavy atom. The highest BCUT2D eigenvalue weighted by Gasteiger charge is 2.09.